The third kappa shape index (κ3) is 4.44. The molecule has 0 unspecified atom stereocenters. The van der Waals surface area contributed by atoms with E-state index in [1.54, 1.807) is 17.7 Å². The van der Waals surface area contributed by atoms with E-state index >= 15 is 0 Å². The van der Waals surface area contributed by atoms with E-state index in [0.29, 0.717) is 48.4 Å². The van der Waals surface area contributed by atoms with Crippen LogP contribution >= 0.6 is 11.6 Å². The Morgan fingerprint density at radius 2 is 1.94 bits per heavy atom. The van der Waals surface area contributed by atoms with Crippen LogP contribution in [-0.4, -0.2) is 47.0 Å². The smallest absolute Gasteiger partial charge is 0.340 e. The minimum atomic E-state index is -0.668. The zero-order chi connectivity index (χ0) is 22.7. The second kappa shape index (κ2) is 9.37. The molecule has 1 aliphatic heterocycles. The average Bonchev–Trinajstić information content (AvgIpc) is 3.11. The van der Waals surface area contributed by atoms with Crippen LogP contribution in [0.25, 0.3) is 5.69 Å². The number of carbonyl (C=O) groups excluding carboxylic acids is 1. The maximum absolute atomic E-state index is 13.0. The number of aryl methyl sites for hydroxylation is 1. The SMILES string of the molecule is Cc1nn(-c2ccccc2)c(Cl)c1COC(=O)c1cc([N+](=O)[O-])ccc1N1CCOCC1. The van der Waals surface area contributed by atoms with Crippen LogP contribution in [0.2, 0.25) is 5.15 Å². The Hall–Kier alpha value is -3.43. The molecule has 0 aliphatic carbocycles. The number of non-ortho nitro benzene ring substituents is 1. The van der Waals surface area contributed by atoms with Gasteiger partial charge >= 0.3 is 5.97 Å². The van der Waals surface area contributed by atoms with E-state index in [9.17, 15) is 14.9 Å². The molecule has 0 N–H and O–H groups in total. The lowest BCUT2D eigenvalue weighted by Crippen LogP contribution is -2.37. The molecule has 1 aliphatic rings. The average molecular weight is 457 g/mol. The molecule has 3 aromatic rings. The molecule has 0 bridgehead atoms. The highest BCUT2D eigenvalue weighted by Gasteiger charge is 2.24. The molecule has 9 nitrogen and oxygen atoms in total. The lowest BCUT2D eigenvalue weighted by molar-refractivity contribution is -0.384. The predicted molar refractivity (Wildman–Crippen MR) is 119 cm³/mol. The molecule has 32 heavy (non-hydrogen) atoms. The van der Waals surface area contributed by atoms with Crippen molar-refractivity contribution in [3.63, 3.8) is 0 Å². The van der Waals surface area contributed by atoms with Crippen LogP contribution in [0.4, 0.5) is 11.4 Å². The lowest BCUT2D eigenvalue weighted by atomic mass is 10.1. The van der Waals surface area contributed by atoms with Crippen molar-refractivity contribution in [2.75, 3.05) is 31.2 Å². The number of carbonyl (C=O) groups is 1. The summed E-state index contributed by atoms with van der Waals surface area (Å²) in [7, 11) is 0. The fourth-order valence-electron chi connectivity index (χ4n) is 3.53. The molecule has 2 heterocycles. The number of rotatable bonds is 6. The number of esters is 1. The van der Waals surface area contributed by atoms with Crippen LogP contribution in [0.3, 0.4) is 0 Å². The van der Waals surface area contributed by atoms with Gasteiger partial charge in [0.1, 0.15) is 11.8 Å². The number of halogens is 1. The summed E-state index contributed by atoms with van der Waals surface area (Å²) in [5.74, 6) is -0.668. The van der Waals surface area contributed by atoms with Crippen molar-refractivity contribution in [2.45, 2.75) is 13.5 Å². The summed E-state index contributed by atoms with van der Waals surface area (Å²) in [5, 5.41) is 16.0. The Morgan fingerprint density at radius 3 is 2.62 bits per heavy atom. The molecule has 1 fully saturated rings. The van der Waals surface area contributed by atoms with Crippen LogP contribution in [0, 0.1) is 17.0 Å². The first-order chi connectivity index (χ1) is 15.5. The van der Waals surface area contributed by atoms with E-state index in [-0.39, 0.29) is 17.9 Å². The molecule has 2 aromatic carbocycles. The number of hydrogen-bond donors (Lipinski definition) is 0. The Balaban J connectivity index is 1.59. The number of morpholine rings is 1. The molecule has 166 valence electrons. The van der Waals surface area contributed by atoms with Crippen molar-refractivity contribution in [1.82, 2.24) is 9.78 Å². The number of anilines is 1. The highest BCUT2D eigenvalue weighted by molar-refractivity contribution is 6.30. The Kier molecular flexibility index (Phi) is 6.38. The summed E-state index contributed by atoms with van der Waals surface area (Å²) >= 11 is 6.51. The van der Waals surface area contributed by atoms with Gasteiger partial charge in [-0.15, -0.1) is 0 Å². The highest BCUT2D eigenvalue weighted by Crippen LogP contribution is 2.29. The molecule has 1 aromatic heterocycles. The Morgan fingerprint density at radius 1 is 1.22 bits per heavy atom. The summed E-state index contributed by atoms with van der Waals surface area (Å²) in [6.45, 7) is 3.85. The van der Waals surface area contributed by atoms with E-state index in [0.717, 1.165) is 5.69 Å². The molecule has 0 radical (unpaired) electrons. The van der Waals surface area contributed by atoms with Crippen molar-refractivity contribution < 1.29 is 19.2 Å². The van der Waals surface area contributed by atoms with E-state index < -0.39 is 10.9 Å². The second-order valence-corrected chi connectivity index (χ2v) is 7.59. The van der Waals surface area contributed by atoms with Gasteiger partial charge in [0.05, 0.1) is 40.8 Å². The van der Waals surface area contributed by atoms with Crippen LogP contribution in [-0.2, 0) is 16.1 Å². The van der Waals surface area contributed by atoms with Gasteiger partial charge in [0.2, 0.25) is 0 Å². The first-order valence-electron chi connectivity index (χ1n) is 10.0. The summed E-state index contributed by atoms with van der Waals surface area (Å²) in [6.07, 6.45) is 0. The topological polar surface area (TPSA) is 99.7 Å². The van der Waals surface area contributed by atoms with Crippen LogP contribution in [0.5, 0.6) is 0 Å². The molecule has 10 heteroatoms. The molecule has 0 spiro atoms. The van der Waals surface area contributed by atoms with E-state index in [1.165, 1.54) is 12.1 Å². The van der Waals surface area contributed by atoms with Crippen molar-refractivity contribution in [1.29, 1.82) is 0 Å². The number of nitro benzene ring substituents is 1. The lowest BCUT2D eigenvalue weighted by Gasteiger charge is -2.30. The maximum Gasteiger partial charge on any atom is 0.340 e. The molecule has 4 rings (SSSR count). The minimum Gasteiger partial charge on any atom is -0.457 e. The summed E-state index contributed by atoms with van der Waals surface area (Å²) < 4.78 is 12.5. The normalized spacial score (nSPS) is 13.8. The van der Waals surface area contributed by atoms with Gasteiger partial charge in [0, 0.05) is 30.8 Å². The number of nitrogens with zero attached hydrogens (tertiary/aromatic N) is 4. The van der Waals surface area contributed by atoms with E-state index in [4.69, 9.17) is 21.1 Å². The van der Waals surface area contributed by atoms with Crippen molar-refractivity contribution >= 4 is 28.9 Å². The van der Waals surface area contributed by atoms with Gasteiger partial charge in [-0.1, -0.05) is 29.8 Å². The largest absolute Gasteiger partial charge is 0.457 e. The molecular formula is C22H21ClN4O5. The first kappa shape index (κ1) is 21.8. The summed E-state index contributed by atoms with van der Waals surface area (Å²) in [6, 6.07) is 13.6. The zero-order valence-electron chi connectivity index (χ0n) is 17.4. The molecule has 1 saturated heterocycles. The quantitative estimate of drug-likeness (QED) is 0.314. The van der Waals surface area contributed by atoms with E-state index in [2.05, 4.69) is 5.10 Å². The van der Waals surface area contributed by atoms with Gasteiger partial charge in [-0.05, 0) is 25.1 Å². The Bertz CT molecular complexity index is 1140. The van der Waals surface area contributed by atoms with Crippen LogP contribution < -0.4 is 4.90 Å². The number of hydrogen-bond acceptors (Lipinski definition) is 7. The summed E-state index contributed by atoms with van der Waals surface area (Å²) in [5.41, 5.74) is 2.50. The summed E-state index contributed by atoms with van der Waals surface area (Å²) in [4.78, 5) is 25.7. The number of para-hydroxylation sites is 1. The van der Waals surface area contributed by atoms with Gasteiger partial charge in [-0.25, -0.2) is 9.48 Å². The fraction of sp³-hybridized carbons (Fsp3) is 0.273. The standard InChI is InChI=1S/C22H21ClN4O5/c1-15-19(21(23)26(24-15)16-5-3-2-4-6-16)14-32-22(28)18-13-17(27(29)30)7-8-20(18)25-9-11-31-12-10-25/h2-8,13H,9-12,14H2,1H3. The number of ether oxygens (including phenoxy) is 2. The van der Waals surface area contributed by atoms with Crippen molar-refractivity contribution in [2.24, 2.45) is 0 Å². The molecule has 0 amide bonds. The van der Waals surface area contributed by atoms with Gasteiger partial charge in [0.25, 0.3) is 5.69 Å². The molecule has 0 saturated carbocycles. The number of benzene rings is 2. The van der Waals surface area contributed by atoms with Gasteiger partial charge in [-0.3, -0.25) is 10.1 Å². The first-order valence-corrected chi connectivity index (χ1v) is 10.4. The minimum absolute atomic E-state index is 0.110. The molecular weight excluding hydrogens is 436 g/mol. The van der Waals surface area contributed by atoms with Crippen LogP contribution in [0.15, 0.2) is 48.5 Å². The third-order valence-corrected chi connectivity index (χ3v) is 5.62. The van der Waals surface area contributed by atoms with Crippen molar-refractivity contribution in [3.05, 3.63) is 80.6 Å². The maximum atomic E-state index is 13.0. The highest BCUT2D eigenvalue weighted by atomic mass is 35.5. The fourth-order valence-corrected chi connectivity index (χ4v) is 3.86. The Labute approximate surface area is 189 Å². The number of nitro groups is 1. The predicted octanol–water partition coefficient (Wildman–Crippen LogP) is 3.94. The second-order valence-electron chi connectivity index (χ2n) is 7.24. The zero-order valence-corrected chi connectivity index (χ0v) is 18.1. The third-order valence-electron chi connectivity index (χ3n) is 5.23. The van der Waals surface area contributed by atoms with E-state index in [1.807, 2.05) is 35.2 Å². The van der Waals surface area contributed by atoms with Crippen LogP contribution in [0.1, 0.15) is 21.6 Å². The van der Waals surface area contributed by atoms with Gasteiger partial charge in [0.15, 0.2) is 0 Å². The van der Waals surface area contributed by atoms with Gasteiger partial charge < -0.3 is 14.4 Å². The molecule has 0 atom stereocenters. The monoisotopic (exact) mass is 456 g/mol. The van der Waals surface area contributed by atoms with Gasteiger partial charge in [-0.2, -0.15) is 5.10 Å². The number of aromatic nitrogens is 2. The van der Waals surface area contributed by atoms with Crippen molar-refractivity contribution in [3.8, 4) is 5.69 Å².